The Morgan fingerprint density at radius 2 is 1.86 bits per heavy atom. The molecular weight excluding hydrogens is 370 g/mol. The van der Waals surface area contributed by atoms with Gasteiger partial charge >= 0.3 is 0 Å². The van der Waals surface area contributed by atoms with Crippen molar-refractivity contribution in [2.75, 3.05) is 5.32 Å². The van der Waals surface area contributed by atoms with Crippen molar-refractivity contribution < 1.29 is 4.79 Å². The summed E-state index contributed by atoms with van der Waals surface area (Å²) >= 11 is 0. The summed E-state index contributed by atoms with van der Waals surface area (Å²) in [6.45, 7) is 2.02. The molecule has 0 spiro atoms. The molecule has 1 amide bonds. The normalized spacial score (nSPS) is 10.9. The van der Waals surface area contributed by atoms with Crippen molar-refractivity contribution in [2.45, 2.75) is 19.9 Å². The van der Waals surface area contributed by atoms with Crippen molar-refractivity contribution in [3.63, 3.8) is 0 Å². The topological polar surface area (TPSA) is 102 Å². The summed E-state index contributed by atoms with van der Waals surface area (Å²) in [5.74, 6) is 0.585. The molecule has 0 saturated carbocycles. The van der Waals surface area contributed by atoms with Gasteiger partial charge < -0.3 is 5.32 Å². The van der Waals surface area contributed by atoms with Gasteiger partial charge in [0.05, 0.1) is 17.6 Å². The fourth-order valence-corrected chi connectivity index (χ4v) is 3.25. The van der Waals surface area contributed by atoms with Gasteiger partial charge in [-0.2, -0.15) is 0 Å². The number of H-pyrrole nitrogens is 1. The lowest BCUT2D eigenvalue weighted by Crippen LogP contribution is -2.29. The van der Waals surface area contributed by atoms with Gasteiger partial charge in [0.1, 0.15) is 5.82 Å². The number of benzene rings is 2. The summed E-state index contributed by atoms with van der Waals surface area (Å²) in [4.78, 5) is 39.9. The van der Waals surface area contributed by atoms with E-state index in [1.165, 1.54) is 6.07 Å². The van der Waals surface area contributed by atoms with E-state index in [0.29, 0.717) is 5.69 Å². The highest BCUT2D eigenvalue weighted by atomic mass is 16.2. The third kappa shape index (κ3) is 3.86. The summed E-state index contributed by atoms with van der Waals surface area (Å²) < 4.78 is 3.18. The highest BCUT2D eigenvalue weighted by Crippen LogP contribution is 2.24. The molecule has 8 heteroatoms. The first-order valence-electron chi connectivity index (χ1n) is 9.16. The first-order chi connectivity index (χ1) is 14.0. The number of para-hydroxylation sites is 1. The van der Waals surface area contributed by atoms with Crippen LogP contribution in [0.1, 0.15) is 12.2 Å². The maximum Gasteiger partial charge on any atom is 0.265 e. The van der Waals surface area contributed by atoms with Crippen LogP contribution in [0.25, 0.3) is 16.7 Å². The average molecular weight is 389 g/mol. The molecule has 4 aromatic rings. The lowest BCUT2D eigenvalue weighted by Gasteiger charge is -2.08. The molecule has 0 aliphatic rings. The third-order valence-corrected chi connectivity index (χ3v) is 4.57. The van der Waals surface area contributed by atoms with Gasteiger partial charge in [0.25, 0.3) is 11.1 Å². The SMILES string of the molecule is Cc1nc2cc(NC(=O)CCn3[nH]c(=O)ccc3=O)ccc2n1-c1ccccc1. The second-order valence-electron chi connectivity index (χ2n) is 6.63. The predicted molar refractivity (Wildman–Crippen MR) is 110 cm³/mol. The summed E-state index contributed by atoms with van der Waals surface area (Å²) in [5, 5.41) is 5.21. The predicted octanol–water partition coefficient (Wildman–Crippen LogP) is 2.21. The standard InChI is InChI=1S/C21H19N5O3/c1-14-22-17-13-15(7-8-18(17)26(14)16-5-3-2-4-6-16)23-19(27)11-12-25-21(29)10-9-20(28)24-25/h2-10,13H,11-12H2,1H3,(H,23,27)(H,24,28). The number of anilines is 1. The lowest BCUT2D eigenvalue weighted by molar-refractivity contribution is -0.116. The van der Waals surface area contributed by atoms with Gasteiger partial charge in [0, 0.05) is 29.9 Å². The van der Waals surface area contributed by atoms with E-state index in [1.54, 1.807) is 0 Å². The van der Waals surface area contributed by atoms with Crippen LogP contribution in [0.4, 0.5) is 5.69 Å². The quantitative estimate of drug-likeness (QED) is 0.546. The van der Waals surface area contributed by atoms with E-state index in [1.807, 2.05) is 55.5 Å². The molecule has 0 unspecified atom stereocenters. The van der Waals surface area contributed by atoms with Crippen LogP contribution in [-0.2, 0) is 11.3 Å². The summed E-state index contributed by atoms with van der Waals surface area (Å²) in [7, 11) is 0. The number of aryl methyl sites for hydroxylation is 2. The summed E-state index contributed by atoms with van der Waals surface area (Å²) in [5.41, 5.74) is 2.61. The molecule has 2 aromatic heterocycles. The number of carbonyl (C=O) groups is 1. The molecular formula is C21H19N5O3. The van der Waals surface area contributed by atoms with Crippen LogP contribution in [0.15, 0.2) is 70.3 Å². The molecule has 2 N–H and O–H groups in total. The Morgan fingerprint density at radius 1 is 1.07 bits per heavy atom. The minimum atomic E-state index is -0.389. The molecule has 146 valence electrons. The largest absolute Gasteiger partial charge is 0.326 e. The fraction of sp³-hybridized carbons (Fsp3) is 0.143. The van der Waals surface area contributed by atoms with Crippen LogP contribution in [0.3, 0.4) is 0 Å². The number of amides is 1. The lowest BCUT2D eigenvalue weighted by atomic mass is 10.2. The van der Waals surface area contributed by atoms with Gasteiger partial charge in [-0.1, -0.05) is 18.2 Å². The van der Waals surface area contributed by atoms with Crippen molar-refractivity contribution in [1.29, 1.82) is 0 Å². The fourth-order valence-electron chi connectivity index (χ4n) is 3.25. The molecule has 4 rings (SSSR count). The molecule has 0 aliphatic heterocycles. The number of carbonyl (C=O) groups excluding carboxylic acids is 1. The highest BCUT2D eigenvalue weighted by Gasteiger charge is 2.11. The first kappa shape index (κ1) is 18.4. The molecule has 0 atom stereocenters. The van der Waals surface area contributed by atoms with Crippen LogP contribution in [0.5, 0.6) is 0 Å². The van der Waals surface area contributed by atoms with Crippen molar-refractivity contribution in [2.24, 2.45) is 0 Å². The van der Waals surface area contributed by atoms with E-state index < -0.39 is 0 Å². The van der Waals surface area contributed by atoms with Gasteiger partial charge in [-0.25, -0.2) is 9.67 Å². The average Bonchev–Trinajstić information content (AvgIpc) is 3.04. The smallest absolute Gasteiger partial charge is 0.265 e. The highest BCUT2D eigenvalue weighted by molar-refractivity contribution is 5.93. The number of nitrogens with one attached hydrogen (secondary N) is 2. The maximum absolute atomic E-state index is 12.3. The van der Waals surface area contributed by atoms with Crippen LogP contribution >= 0.6 is 0 Å². The van der Waals surface area contributed by atoms with E-state index >= 15 is 0 Å². The molecule has 0 radical (unpaired) electrons. The number of hydrogen-bond donors (Lipinski definition) is 2. The zero-order chi connectivity index (χ0) is 20.4. The number of imidazole rings is 1. The van der Waals surface area contributed by atoms with Gasteiger partial charge in [0.2, 0.25) is 5.91 Å². The molecule has 0 aliphatic carbocycles. The number of rotatable bonds is 5. The zero-order valence-electron chi connectivity index (χ0n) is 15.8. The van der Waals surface area contributed by atoms with Crippen molar-refractivity contribution in [3.8, 4) is 5.69 Å². The Morgan fingerprint density at radius 3 is 2.66 bits per heavy atom. The van der Waals surface area contributed by atoms with Crippen LogP contribution in [-0.4, -0.2) is 25.2 Å². The van der Waals surface area contributed by atoms with Gasteiger partial charge in [-0.3, -0.25) is 24.0 Å². The van der Waals surface area contributed by atoms with Gasteiger partial charge in [-0.05, 0) is 37.3 Å². The van der Waals surface area contributed by atoms with E-state index in [0.717, 1.165) is 33.3 Å². The molecule has 0 bridgehead atoms. The zero-order valence-corrected chi connectivity index (χ0v) is 15.8. The monoisotopic (exact) mass is 389 g/mol. The molecule has 0 fully saturated rings. The molecule has 2 heterocycles. The first-order valence-corrected chi connectivity index (χ1v) is 9.16. The van der Waals surface area contributed by atoms with Gasteiger partial charge in [-0.15, -0.1) is 0 Å². The van der Waals surface area contributed by atoms with Crippen molar-refractivity contribution in [3.05, 3.63) is 87.2 Å². The van der Waals surface area contributed by atoms with Crippen LogP contribution in [0, 0.1) is 6.92 Å². The molecule has 8 nitrogen and oxygen atoms in total. The number of aromatic nitrogens is 4. The number of nitrogens with zero attached hydrogens (tertiary/aromatic N) is 3. The van der Waals surface area contributed by atoms with E-state index in [2.05, 4.69) is 20.0 Å². The van der Waals surface area contributed by atoms with E-state index in [9.17, 15) is 14.4 Å². The summed E-state index contributed by atoms with van der Waals surface area (Å²) in [6, 6.07) is 17.8. The third-order valence-electron chi connectivity index (χ3n) is 4.57. The number of hydrogen-bond acceptors (Lipinski definition) is 4. The number of fused-ring (bicyclic) bond motifs is 1. The number of aromatic amines is 1. The minimum Gasteiger partial charge on any atom is -0.326 e. The molecule has 2 aromatic carbocycles. The van der Waals surface area contributed by atoms with Crippen LogP contribution in [0.2, 0.25) is 0 Å². The Hall–Kier alpha value is -3.94. The van der Waals surface area contributed by atoms with E-state index in [4.69, 9.17) is 0 Å². The molecule has 29 heavy (non-hydrogen) atoms. The second kappa shape index (κ2) is 7.59. The van der Waals surface area contributed by atoms with Gasteiger partial charge in [0.15, 0.2) is 0 Å². The van der Waals surface area contributed by atoms with Crippen molar-refractivity contribution in [1.82, 2.24) is 19.3 Å². The van der Waals surface area contributed by atoms with E-state index in [-0.39, 0.29) is 30.0 Å². The Balaban J connectivity index is 1.51. The minimum absolute atomic E-state index is 0.0510. The Labute approximate surface area is 165 Å². The maximum atomic E-state index is 12.3. The Bertz CT molecular complexity index is 1300. The molecule has 0 saturated heterocycles. The summed E-state index contributed by atoms with van der Waals surface area (Å²) in [6.07, 6.45) is 0.0510. The van der Waals surface area contributed by atoms with Crippen molar-refractivity contribution >= 4 is 22.6 Å². The van der Waals surface area contributed by atoms with Crippen LogP contribution < -0.4 is 16.4 Å². The second-order valence-corrected chi connectivity index (χ2v) is 6.63. The Kier molecular flexibility index (Phi) is 4.82.